The lowest BCUT2D eigenvalue weighted by Gasteiger charge is -2.46. The number of thiophene rings is 1. The Bertz CT molecular complexity index is 6030. The van der Waals surface area contributed by atoms with Crippen molar-refractivity contribution in [1.82, 2.24) is 4.57 Å². The Labute approximate surface area is 605 Å². The summed E-state index contributed by atoms with van der Waals surface area (Å²) in [7, 11) is 0. The van der Waals surface area contributed by atoms with Crippen LogP contribution in [0.5, 0.6) is 0 Å². The molecule has 18 rings (SSSR count). The van der Waals surface area contributed by atoms with E-state index >= 15 is 0 Å². The number of nitriles is 2. The van der Waals surface area contributed by atoms with Gasteiger partial charge in [-0.3, -0.25) is 0 Å². The fourth-order valence-corrected chi connectivity index (χ4v) is 17.3. The summed E-state index contributed by atoms with van der Waals surface area (Å²) in [5.74, 6) is 0. The Balaban J connectivity index is 1.04. The van der Waals surface area contributed by atoms with Crippen LogP contribution in [0.1, 0.15) is 63.8 Å². The number of aromatic nitrogens is 1. The van der Waals surface area contributed by atoms with E-state index in [9.17, 15) is 10.5 Å². The van der Waals surface area contributed by atoms with Gasteiger partial charge in [-0.2, -0.15) is 10.5 Å². The van der Waals surface area contributed by atoms with Gasteiger partial charge in [0.05, 0.1) is 57.0 Å². The van der Waals surface area contributed by atoms with Gasteiger partial charge < -0.3 is 24.2 Å². The summed E-state index contributed by atoms with van der Waals surface area (Å²) in [6.07, 6.45) is 0. The fraction of sp³-hybridized carbons (Fsp3) is 0.0851. The van der Waals surface area contributed by atoms with E-state index in [2.05, 4.69) is 369 Å². The molecular formula is C94H70BN7S. The maximum absolute atomic E-state index is 10.3. The van der Waals surface area contributed by atoms with Gasteiger partial charge in [-0.05, 0) is 195 Å². The first-order valence-corrected chi connectivity index (χ1v) is 36.1. The van der Waals surface area contributed by atoms with Crippen molar-refractivity contribution in [1.29, 1.82) is 10.5 Å². The van der Waals surface area contributed by atoms with Crippen molar-refractivity contribution in [2.75, 3.05) is 19.6 Å². The molecule has 0 saturated carbocycles. The van der Waals surface area contributed by atoms with Gasteiger partial charge in [-0.15, -0.1) is 11.3 Å². The normalized spacial score (nSPS) is 12.5. The van der Waals surface area contributed by atoms with Crippen LogP contribution in [0.3, 0.4) is 0 Å². The summed E-state index contributed by atoms with van der Waals surface area (Å²) in [5.41, 5.74) is 26.8. The van der Waals surface area contributed by atoms with Crippen LogP contribution in [-0.2, 0) is 10.8 Å². The van der Waals surface area contributed by atoms with Crippen molar-refractivity contribution in [3.8, 4) is 40.1 Å². The molecule has 0 aliphatic carbocycles. The van der Waals surface area contributed by atoms with E-state index in [1.54, 1.807) is 0 Å². The maximum Gasteiger partial charge on any atom is 0.254 e. The maximum atomic E-state index is 10.3. The number of hydrogen-bond donors (Lipinski definition) is 0. The van der Waals surface area contributed by atoms with E-state index in [4.69, 9.17) is 0 Å². The molecule has 9 heteroatoms. The van der Waals surface area contributed by atoms with Gasteiger partial charge in [-0.1, -0.05) is 211 Å². The molecular weight excluding hydrogens is 1270 g/mol. The smallest absolute Gasteiger partial charge is 0.254 e. The summed E-state index contributed by atoms with van der Waals surface area (Å²) >= 11 is 1.87. The summed E-state index contributed by atoms with van der Waals surface area (Å²) in [5, 5.41) is 25.2. The van der Waals surface area contributed by atoms with Crippen molar-refractivity contribution in [2.24, 2.45) is 0 Å². The number of rotatable bonds is 11. The first-order valence-electron chi connectivity index (χ1n) is 35.3. The van der Waals surface area contributed by atoms with E-state index in [1.807, 2.05) is 35.6 Å². The molecule has 0 atom stereocenters. The van der Waals surface area contributed by atoms with E-state index in [0.29, 0.717) is 11.1 Å². The van der Waals surface area contributed by atoms with Gasteiger partial charge in [0.1, 0.15) is 0 Å². The summed E-state index contributed by atoms with van der Waals surface area (Å²) < 4.78 is 4.91. The molecule has 490 valence electrons. The highest BCUT2D eigenvalue weighted by atomic mass is 32.1. The molecule has 14 aromatic carbocycles. The molecule has 2 aliphatic rings. The second-order valence-corrected chi connectivity index (χ2v) is 30.2. The number of para-hydroxylation sites is 4. The van der Waals surface area contributed by atoms with Crippen LogP contribution in [0.25, 0.3) is 69.9 Å². The molecule has 0 saturated heterocycles. The molecule has 103 heavy (non-hydrogen) atoms. The van der Waals surface area contributed by atoms with E-state index in [1.165, 1.54) is 42.2 Å². The third kappa shape index (κ3) is 10.5. The Morgan fingerprint density at radius 3 is 1.32 bits per heavy atom. The Morgan fingerprint density at radius 2 is 0.796 bits per heavy atom. The number of fused-ring (bicyclic) bond motifs is 11. The molecule has 16 aromatic rings. The quantitative estimate of drug-likeness (QED) is 0.120. The van der Waals surface area contributed by atoms with Crippen LogP contribution in [0, 0.1) is 22.7 Å². The average molecular weight is 1340 g/mol. The standard InChI is InChI=1S/C94H70BN7S/c1-93(2,3)65-43-51-81-76(53-65)77-54-66(94(4,5)6)44-52-82(77)100(81)72-56-85-90-86(57-72)102(80-37-23-20-34-74(80)64-27-13-8-14-28-64)87-58-84(99(68-31-17-10-18-32-68)70-47-41-62(60-97)42-48-70)89-75-35-21-24-38-88(75)103-92(89)91(87)95(90)78-50-49-71(98(67-29-15-9-16-30-67)69-45-39-61(59-96)40-46-69)55-83(78)101(85)79-36-22-19-33-73(79)63-25-11-7-12-26-63/h7-58H,1-6H3. The molecule has 2 aliphatic heterocycles. The van der Waals surface area contributed by atoms with Gasteiger partial charge in [0.2, 0.25) is 0 Å². The molecule has 0 amide bonds. The second-order valence-electron chi connectivity index (χ2n) is 29.1. The molecule has 0 N–H and O–H groups in total. The van der Waals surface area contributed by atoms with Gasteiger partial charge in [0, 0.05) is 93.3 Å². The van der Waals surface area contributed by atoms with Crippen LogP contribution < -0.4 is 36.0 Å². The van der Waals surface area contributed by atoms with Crippen LogP contribution in [0.2, 0.25) is 0 Å². The Kier molecular flexibility index (Phi) is 15.0. The van der Waals surface area contributed by atoms with Gasteiger partial charge in [-0.25, -0.2) is 0 Å². The van der Waals surface area contributed by atoms with Gasteiger partial charge in [0.15, 0.2) is 0 Å². The number of anilines is 12. The first-order chi connectivity index (χ1) is 50.3. The largest absolute Gasteiger partial charge is 0.311 e. The highest BCUT2D eigenvalue weighted by Crippen LogP contribution is 2.55. The second kappa shape index (κ2) is 24.6. The molecule has 0 spiro atoms. The lowest BCUT2D eigenvalue weighted by atomic mass is 9.33. The van der Waals surface area contributed by atoms with Crippen LogP contribution in [0.15, 0.2) is 315 Å². The highest BCUT2D eigenvalue weighted by Gasteiger charge is 2.47. The van der Waals surface area contributed by atoms with Crippen molar-refractivity contribution in [3.63, 3.8) is 0 Å². The molecule has 0 bridgehead atoms. The number of benzene rings is 14. The molecule has 7 nitrogen and oxygen atoms in total. The molecule has 0 fully saturated rings. The lowest BCUT2D eigenvalue weighted by Crippen LogP contribution is -2.61. The predicted octanol–water partition coefficient (Wildman–Crippen LogP) is 23.8. The predicted molar refractivity (Wildman–Crippen MR) is 435 cm³/mol. The van der Waals surface area contributed by atoms with E-state index in [0.717, 1.165) is 123 Å². The zero-order chi connectivity index (χ0) is 69.8. The highest BCUT2D eigenvalue weighted by molar-refractivity contribution is 7.28. The summed E-state index contributed by atoms with van der Waals surface area (Å²) in [4.78, 5) is 9.94. The third-order valence-electron chi connectivity index (χ3n) is 20.9. The molecule has 2 aromatic heterocycles. The lowest BCUT2D eigenvalue weighted by molar-refractivity contribution is 0.590. The van der Waals surface area contributed by atoms with Crippen molar-refractivity contribution >= 4 is 145 Å². The SMILES string of the molecule is CC(C)(C)c1ccc2c(c1)c1cc(C(C)(C)C)ccc1n2-c1cc2c3c(c1)N(c1ccccc1-c1ccccc1)c1cc(N(c4ccccc4)c4ccc(C#N)cc4)c4c(sc5ccccc54)c1B3c1ccc(N(c3ccccc3)c3ccc(C#N)cc3)cc1N2c1ccccc1-c1ccccc1. The van der Waals surface area contributed by atoms with Crippen LogP contribution in [-0.4, -0.2) is 11.3 Å². The van der Waals surface area contributed by atoms with Crippen molar-refractivity contribution in [3.05, 3.63) is 338 Å². The number of hydrogen-bond acceptors (Lipinski definition) is 7. The molecule has 0 radical (unpaired) electrons. The number of nitrogens with zero attached hydrogens (tertiary/aromatic N) is 7. The first kappa shape index (κ1) is 62.6. The topological polar surface area (TPSA) is 65.5 Å². The van der Waals surface area contributed by atoms with E-state index in [-0.39, 0.29) is 17.5 Å². The minimum absolute atomic E-state index is 0.112. The monoisotopic (exact) mass is 1340 g/mol. The van der Waals surface area contributed by atoms with E-state index < -0.39 is 0 Å². The Morgan fingerprint density at radius 1 is 0.359 bits per heavy atom. The summed E-state index contributed by atoms with van der Waals surface area (Å²) in [6.45, 7) is 13.5. The average Bonchev–Trinajstić information content (AvgIpc) is 1.65. The molecule has 0 unspecified atom stereocenters. The van der Waals surface area contributed by atoms with Crippen LogP contribution in [0.4, 0.5) is 68.2 Å². The van der Waals surface area contributed by atoms with Crippen molar-refractivity contribution in [2.45, 2.75) is 52.4 Å². The van der Waals surface area contributed by atoms with Crippen molar-refractivity contribution < 1.29 is 0 Å². The minimum atomic E-state index is -0.356. The zero-order valence-electron chi connectivity index (χ0n) is 58.1. The van der Waals surface area contributed by atoms with Crippen LogP contribution >= 0.6 is 11.3 Å². The Hall–Kier alpha value is -12.7. The minimum Gasteiger partial charge on any atom is -0.311 e. The third-order valence-corrected chi connectivity index (χ3v) is 22.1. The fourth-order valence-electron chi connectivity index (χ4n) is 16.0. The molecule has 4 heterocycles. The van der Waals surface area contributed by atoms with Gasteiger partial charge in [0.25, 0.3) is 6.71 Å². The zero-order valence-corrected chi connectivity index (χ0v) is 59.0. The van der Waals surface area contributed by atoms with Gasteiger partial charge >= 0.3 is 0 Å². The summed E-state index contributed by atoms with van der Waals surface area (Å²) in [6, 6.07) is 120.